The molecule has 3 aromatic rings. The van der Waals surface area contributed by atoms with Gasteiger partial charge in [0.1, 0.15) is 17.4 Å². The minimum atomic E-state index is -2.71. The first-order valence-electron chi connectivity index (χ1n) is 9.21. The topological polar surface area (TPSA) is 58.4 Å². The highest BCUT2D eigenvalue weighted by Crippen LogP contribution is 2.49. The third-order valence-corrected chi connectivity index (χ3v) is 5.28. The summed E-state index contributed by atoms with van der Waals surface area (Å²) in [5.74, 6) is -1.10. The summed E-state index contributed by atoms with van der Waals surface area (Å²) in [6.07, 6.45) is 0.238. The fourth-order valence-electron chi connectivity index (χ4n) is 3.92. The number of aromatic nitrogens is 2. The van der Waals surface area contributed by atoms with Gasteiger partial charge < -0.3 is 14.6 Å². The minimum absolute atomic E-state index is 0.0873. The standard InChI is InChI=1S/C18H13ClFN3O2/c1-22-14-7-13(16-8(18(22)25)3-2-4-15(16)24)23-12-5-9(19)10(20)6-11(12)21-17(14)23/h2-6,13-14,24H,7H2,1H3/t13-,14-/m1/s1/i1D3. The van der Waals surface area contributed by atoms with Crippen LogP contribution in [0.5, 0.6) is 5.75 Å². The molecule has 5 nitrogen and oxygen atoms in total. The van der Waals surface area contributed by atoms with E-state index in [-0.39, 0.29) is 22.8 Å². The molecule has 0 saturated carbocycles. The number of amides is 1. The zero-order valence-electron chi connectivity index (χ0n) is 15.7. The molecule has 2 atom stereocenters. The van der Waals surface area contributed by atoms with Crippen LogP contribution in [0.15, 0.2) is 30.3 Å². The largest absolute Gasteiger partial charge is 0.508 e. The molecule has 0 fully saturated rings. The monoisotopic (exact) mass is 360 g/mol. The summed E-state index contributed by atoms with van der Waals surface area (Å²) >= 11 is 5.96. The number of hydrogen-bond donors (Lipinski definition) is 1. The minimum Gasteiger partial charge on any atom is -0.508 e. The Morgan fingerprint density at radius 2 is 2.24 bits per heavy atom. The molecule has 2 aliphatic rings. The molecule has 7 heteroatoms. The lowest BCUT2D eigenvalue weighted by Gasteiger charge is -2.24. The molecule has 126 valence electrons. The lowest BCUT2D eigenvalue weighted by Crippen LogP contribution is -2.30. The Bertz CT molecular complexity index is 1180. The zero-order valence-corrected chi connectivity index (χ0v) is 13.5. The number of halogens is 2. The van der Waals surface area contributed by atoms with Crippen LogP contribution in [0.2, 0.25) is 5.02 Å². The van der Waals surface area contributed by atoms with E-state index in [0.717, 1.165) is 4.90 Å². The van der Waals surface area contributed by atoms with E-state index in [4.69, 9.17) is 15.7 Å². The van der Waals surface area contributed by atoms with Crippen molar-refractivity contribution in [3.8, 4) is 5.75 Å². The van der Waals surface area contributed by atoms with Crippen LogP contribution in [0.4, 0.5) is 4.39 Å². The first-order chi connectivity index (χ1) is 13.2. The molecule has 0 aliphatic carbocycles. The van der Waals surface area contributed by atoms with Crippen LogP contribution in [0.1, 0.15) is 44.4 Å². The Kier molecular flexibility index (Phi) is 2.24. The lowest BCUT2D eigenvalue weighted by molar-refractivity contribution is 0.0734. The summed E-state index contributed by atoms with van der Waals surface area (Å²) in [5, 5.41) is 10.4. The Morgan fingerprint density at radius 3 is 3.04 bits per heavy atom. The molecule has 1 N–H and O–H groups in total. The zero-order chi connectivity index (χ0) is 20.0. The van der Waals surface area contributed by atoms with Crippen molar-refractivity contribution >= 4 is 28.5 Å². The highest BCUT2D eigenvalue weighted by atomic mass is 35.5. The molecule has 1 aromatic heterocycles. The molecule has 5 rings (SSSR count). The molecule has 25 heavy (non-hydrogen) atoms. The van der Waals surface area contributed by atoms with E-state index in [1.807, 2.05) is 0 Å². The summed E-state index contributed by atoms with van der Waals surface area (Å²) in [5.41, 5.74) is 1.29. The average Bonchev–Trinajstić information content (AvgIpc) is 3.07. The van der Waals surface area contributed by atoms with Gasteiger partial charge in [0, 0.05) is 34.7 Å². The SMILES string of the molecule is [2H]C([2H])([2H])N1C(=O)c2cccc(O)c2[C@H]2C[C@@H]1c1nc3cc(F)c(Cl)cc3n12. The van der Waals surface area contributed by atoms with Gasteiger partial charge in [-0.1, -0.05) is 17.7 Å². The number of phenolic OH excluding ortho intramolecular Hbond substituents is 1. The lowest BCUT2D eigenvalue weighted by atomic mass is 9.98. The van der Waals surface area contributed by atoms with Crippen LogP contribution in [-0.2, 0) is 0 Å². The molecule has 2 aliphatic heterocycles. The number of hydrogen-bond acceptors (Lipinski definition) is 3. The van der Waals surface area contributed by atoms with Crippen molar-refractivity contribution in [2.24, 2.45) is 0 Å². The quantitative estimate of drug-likeness (QED) is 0.665. The third-order valence-electron chi connectivity index (χ3n) is 4.99. The van der Waals surface area contributed by atoms with Gasteiger partial charge in [0.25, 0.3) is 5.91 Å². The van der Waals surface area contributed by atoms with E-state index in [9.17, 15) is 14.3 Å². The van der Waals surface area contributed by atoms with Gasteiger partial charge in [-0.3, -0.25) is 4.79 Å². The molecule has 0 spiro atoms. The first-order valence-corrected chi connectivity index (χ1v) is 8.08. The van der Waals surface area contributed by atoms with Crippen molar-refractivity contribution in [3.05, 3.63) is 58.1 Å². The van der Waals surface area contributed by atoms with E-state index >= 15 is 0 Å². The Labute approximate surface area is 151 Å². The van der Waals surface area contributed by atoms with Gasteiger partial charge in [0.05, 0.1) is 28.1 Å². The number of nitrogens with zero attached hydrogens (tertiary/aromatic N) is 3. The van der Waals surface area contributed by atoms with E-state index in [1.54, 1.807) is 4.57 Å². The van der Waals surface area contributed by atoms with Gasteiger partial charge in [0.15, 0.2) is 0 Å². The number of benzene rings is 2. The maximum Gasteiger partial charge on any atom is 0.254 e. The van der Waals surface area contributed by atoms with Gasteiger partial charge in [-0.2, -0.15) is 0 Å². The molecule has 0 saturated heterocycles. The van der Waals surface area contributed by atoms with Gasteiger partial charge in [-0.15, -0.1) is 0 Å². The second-order valence-electron chi connectivity index (χ2n) is 6.28. The van der Waals surface area contributed by atoms with Crippen molar-refractivity contribution in [1.29, 1.82) is 0 Å². The van der Waals surface area contributed by atoms with Crippen LogP contribution in [0.3, 0.4) is 0 Å². The van der Waals surface area contributed by atoms with E-state index in [0.29, 0.717) is 22.4 Å². The van der Waals surface area contributed by atoms with Gasteiger partial charge in [-0.05, 0) is 18.2 Å². The second kappa shape index (κ2) is 4.73. The number of aromatic hydroxyl groups is 1. The van der Waals surface area contributed by atoms with Gasteiger partial charge >= 0.3 is 0 Å². The number of fused-ring (bicyclic) bond motifs is 9. The molecular weight excluding hydrogens is 345 g/mol. The fraction of sp³-hybridized carbons (Fsp3) is 0.222. The number of phenols is 1. The molecule has 0 radical (unpaired) electrons. The predicted octanol–water partition coefficient (Wildman–Crippen LogP) is 3.65. The average molecular weight is 361 g/mol. The smallest absolute Gasteiger partial charge is 0.254 e. The van der Waals surface area contributed by atoms with Crippen LogP contribution in [-0.4, -0.2) is 32.4 Å². The maximum absolute atomic E-state index is 13.9. The Balaban J connectivity index is 1.88. The van der Waals surface area contributed by atoms with E-state index < -0.39 is 30.8 Å². The highest BCUT2D eigenvalue weighted by Gasteiger charge is 2.44. The summed E-state index contributed by atoms with van der Waals surface area (Å²) in [6.45, 7) is -2.71. The number of carbonyl (C=O) groups is 1. The van der Waals surface area contributed by atoms with Crippen molar-refractivity contribution < 1.29 is 18.4 Å². The number of carbonyl (C=O) groups excluding carboxylic acids is 1. The summed E-state index contributed by atoms with van der Waals surface area (Å²) in [7, 11) is 0. The summed E-state index contributed by atoms with van der Waals surface area (Å²) in [4.78, 5) is 18.3. The third kappa shape index (κ3) is 1.77. The van der Waals surface area contributed by atoms with Crippen LogP contribution in [0.25, 0.3) is 11.0 Å². The number of imidazole rings is 1. The maximum atomic E-state index is 13.9. The van der Waals surface area contributed by atoms with Crippen molar-refractivity contribution in [3.63, 3.8) is 0 Å². The number of rotatable bonds is 0. The molecule has 2 aromatic carbocycles. The van der Waals surface area contributed by atoms with Crippen molar-refractivity contribution in [1.82, 2.24) is 14.5 Å². The van der Waals surface area contributed by atoms with E-state index in [2.05, 4.69) is 4.98 Å². The highest BCUT2D eigenvalue weighted by molar-refractivity contribution is 6.31. The fourth-order valence-corrected chi connectivity index (χ4v) is 4.08. The second-order valence-corrected chi connectivity index (χ2v) is 6.68. The first kappa shape index (κ1) is 11.9. The van der Waals surface area contributed by atoms with Crippen LogP contribution >= 0.6 is 11.6 Å². The Hall–Kier alpha value is -2.60. The van der Waals surface area contributed by atoms with Crippen molar-refractivity contribution in [2.75, 3.05) is 6.98 Å². The molecular formula is C18H13ClFN3O2. The summed E-state index contributed by atoms with van der Waals surface area (Å²) < 4.78 is 39.4. The molecule has 0 unspecified atom stereocenters. The van der Waals surface area contributed by atoms with Crippen LogP contribution < -0.4 is 0 Å². The van der Waals surface area contributed by atoms with Gasteiger partial charge in [-0.25, -0.2) is 9.37 Å². The predicted molar refractivity (Wildman–Crippen MR) is 90.4 cm³/mol. The van der Waals surface area contributed by atoms with Crippen LogP contribution in [0, 0.1) is 5.82 Å². The molecule has 1 amide bonds. The van der Waals surface area contributed by atoms with Crippen molar-refractivity contribution in [2.45, 2.75) is 18.5 Å². The van der Waals surface area contributed by atoms with Gasteiger partial charge in [0.2, 0.25) is 0 Å². The Morgan fingerprint density at radius 1 is 1.40 bits per heavy atom. The summed E-state index contributed by atoms with van der Waals surface area (Å²) in [6, 6.07) is 5.70. The molecule has 2 bridgehead atoms. The van der Waals surface area contributed by atoms with E-state index in [1.165, 1.54) is 30.3 Å². The normalized spacial score (nSPS) is 23.7. The molecule has 3 heterocycles.